The summed E-state index contributed by atoms with van der Waals surface area (Å²) in [4.78, 5) is 9.84. The maximum atomic E-state index is 9.84. The second-order valence-corrected chi connectivity index (χ2v) is 4.77. The molecule has 0 saturated heterocycles. The second kappa shape index (κ2) is 13.6. The van der Waals surface area contributed by atoms with Crippen LogP contribution in [0.5, 0.6) is 0 Å². The lowest BCUT2D eigenvalue weighted by atomic mass is 10.1. The van der Waals surface area contributed by atoms with Crippen LogP contribution >= 0.6 is 0 Å². The van der Waals surface area contributed by atoms with E-state index in [0.717, 1.165) is 25.8 Å². The van der Waals surface area contributed by atoms with Gasteiger partial charge in [-0.2, -0.15) is 9.97 Å². The van der Waals surface area contributed by atoms with E-state index in [1.807, 2.05) is 0 Å². The summed E-state index contributed by atoms with van der Waals surface area (Å²) in [6.07, 6.45) is 12.2. The van der Waals surface area contributed by atoms with Crippen molar-refractivity contribution in [2.24, 2.45) is 5.18 Å². The third-order valence-electron chi connectivity index (χ3n) is 2.98. The van der Waals surface area contributed by atoms with Crippen LogP contribution in [-0.2, 0) is 0 Å². The minimum absolute atomic E-state index is 0.485. The zero-order valence-electron chi connectivity index (χ0n) is 11.2. The molecule has 0 heterocycles. The van der Waals surface area contributed by atoms with E-state index in [0.29, 0.717) is 6.54 Å². The zero-order valence-corrected chi connectivity index (χ0v) is 11.2. The molecule has 0 saturated carbocycles. The van der Waals surface area contributed by atoms with Crippen molar-refractivity contribution >= 4 is 0 Å². The molecular weight excluding hydrogens is 216 g/mol. The van der Waals surface area contributed by atoms with Gasteiger partial charge in [0.1, 0.15) is 0 Å². The van der Waals surface area contributed by atoms with Gasteiger partial charge >= 0.3 is 0 Å². The molecule has 17 heavy (non-hydrogen) atoms. The van der Waals surface area contributed by atoms with Crippen molar-refractivity contribution < 1.29 is 5.21 Å². The Hall–Kier alpha value is -0.480. The summed E-state index contributed by atoms with van der Waals surface area (Å²) in [5.74, 6) is 0. The Morgan fingerprint density at radius 2 is 1.24 bits per heavy atom. The molecule has 0 bridgehead atoms. The number of rotatable bonds is 13. The Balaban J connectivity index is 2.91. The van der Waals surface area contributed by atoms with Gasteiger partial charge < -0.3 is 5.21 Å². The molecule has 0 fully saturated rings. The highest BCUT2D eigenvalue weighted by molar-refractivity contribution is 4.49. The van der Waals surface area contributed by atoms with Crippen LogP contribution in [0.2, 0.25) is 0 Å². The van der Waals surface area contributed by atoms with Gasteiger partial charge in [-0.05, 0) is 12.8 Å². The van der Waals surface area contributed by atoms with Crippen LogP contribution in [-0.4, -0.2) is 30.4 Å². The highest BCUT2D eigenvalue weighted by Crippen LogP contribution is 2.10. The number of hydroxylamine groups is 2. The molecule has 0 unspecified atom stereocenters. The predicted octanol–water partition coefficient (Wildman–Crippen LogP) is 3.97. The van der Waals surface area contributed by atoms with E-state index in [1.165, 1.54) is 50.0 Å². The topological polar surface area (TPSA) is 52.9 Å². The van der Waals surface area contributed by atoms with Gasteiger partial charge in [0.25, 0.3) is 0 Å². The smallest absolute Gasteiger partial charge is 0.0811 e. The summed E-state index contributed by atoms with van der Waals surface area (Å²) in [6, 6.07) is 0. The molecule has 1 N–H and O–H groups in total. The van der Waals surface area contributed by atoms with Crippen molar-refractivity contribution in [1.29, 1.82) is 0 Å². The van der Waals surface area contributed by atoms with Gasteiger partial charge in [-0.3, -0.25) is 0 Å². The molecule has 0 rings (SSSR count). The average molecular weight is 244 g/mol. The number of hydrogen-bond donors (Lipinski definition) is 1. The van der Waals surface area contributed by atoms with Crippen LogP contribution in [0.25, 0.3) is 0 Å². The van der Waals surface area contributed by atoms with Gasteiger partial charge in [0.05, 0.1) is 6.54 Å². The lowest BCUT2D eigenvalue weighted by Crippen LogP contribution is -2.13. The van der Waals surface area contributed by atoms with Crippen LogP contribution in [0.4, 0.5) is 0 Å². The van der Waals surface area contributed by atoms with E-state index in [1.54, 1.807) is 7.05 Å². The summed E-state index contributed by atoms with van der Waals surface area (Å²) < 4.78 is 0. The lowest BCUT2D eigenvalue weighted by Gasteiger charge is -2.06. The summed E-state index contributed by atoms with van der Waals surface area (Å²) in [5, 5.41) is 13.0. The second-order valence-electron chi connectivity index (χ2n) is 4.77. The van der Waals surface area contributed by atoms with Crippen molar-refractivity contribution in [1.82, 2.24) is 5.06 Å². The number of unbranched alkanes of at least 4 members (excludes halogenated alkanes) is 9. The van der Waals surface area contributed by atoms with E-state index in [9.17, 15) is 4.91 Å². The van der Waals surface area contributed by atoms with Gasteiger partial charge in [0.2, 0.25) is 0 Å². The maximum Gasteiger partial charge on any atom is 0.0811 e. The van der Waals surface area contributed by atoms with Crippen molar-refractivity contribution in [2.75, 3.05) is 20.1 Å². The van der Waals surface area contributed by atoms with Crippen molar-refractivity contribution in [2.45, 2.75) is 64.2 Å². The molecule has 0 aliphatic heterocycles. The highest BCUT2D eigenvalue weighted by atomic mass is 16.5. The van der Waals surface area contributed by atoms with Crippen LogP contribution < -0.4 is 0 Å². The maximum absolute atomic E-state index is 9.84. The third-order valence-corrected chi connectivity index (χ3v) is 2.98. The molecule has 0 aromatic heterocycles. The van der Waals surface area contributed by atoms with Gasteiger partial charge in [-0.15, -0.1) is 0 Å². The Labute approximate surface area is 105 Å². The van der Waals surface area contributed by atoms with Crippen molar-refractivity contribution in [3.8, 4) is 0 Å². The monoisotopic (exact) mass is 244 g/mol. The third kappa shape index (κ3) is 15.5. The highest BCUT2D eigenvalue weighted by Gasteiger charge is 1.94. The number of nitroso groups, excluding NO2 is 1. The standard InChI is InChI=1S/C13H28N2O2/c1-15(17)13-11-9-7-5-3-2-4-6-8-10-12-14-16/h17H,2-13H2,1H3. The SMILES string of the molecule is CN(O)CCCCCCCCCCCCN=O. The molecule has 0 aliphatic carbocycles. The minimum atomic E-state index is 0.485. The molecule has 0 spiro atoms. The molecule has 0 radical (unpaired) electrons. The summed E-state index contributed by atoms with van der Waals surface area (Å²) in [7, 11) is 1.69. The molecule has 4 heteroatoms. The van der Waals surface area contributed by atoms with E-state index in [-0.39, 0.29) is 0 Å². The number of hydrogen-bond acceptors (Lipinski definition) is 4. The van der Waals surface area contributed by atoms with E-state index in [4.69, 9.17) is 5.21 Å². The molecule has 102 valence electrons. The molecule has 4 nitrogen and oxygen atoms in total. The fourth-order valence-corrected chi connectivity index (χ4v) is 1.93. The Morgan fingerprint density at radius 3 is 1.65 bits per heavy atom. The fraction of sp³-hybridized carbons (Fsp3) is 1.00. The summed E-state index contributed by atoms with van der Waals surface area (Å²) in [6.45, 7) is 1.27. The first-order chi connectivity index (χ1) is 8.27. The van der Waals surface area contributed by atoms with Crippen LogP contribution in [0, 0.1) is 4.91 Å². The molecule has 0 amide bonds. The van der Waals surface area contributed by atoms with E-state index in [2.05, 4.69) is 5.18 Å². The van der Waals surface area contributed by atoms with Gasteiger partial charge in [-0.1, -0.05) is 56.5 Å². The Morgan fingerprint density at radius 1 is 0.824 bits per heavy atom. The molecule has 0 aromatic rings. The largest absolute Gasteiger partial charge is 0.314 e. The van der Waals surface area contributed by atoms with Crippen LogP contribution in [0.15, 0.2) is 5.18 Å². The molecule has 0 aliphatic rings. The van der Waals surface area contributed by atoms with Crippen molar-refractivity contribution in [3.05, 3.63) is 4.91 Å². The molecule has 0 aromatic carbocycles. The first-order valence-electron chi connectivity index (χ1n) is 6.96. The zero-order chi connectivity index (χ0) is 12.8. The van der Waals surface area contributed by atoms with E-state index >= 15 is 0 Å². The van der Waals surface area contributed by atoms with Crippen LogP contribution in [0.1, 0.15) is 64.2 Å². The Kier molecular flexibility index (Phi) is 13.2. The first-order valence-corrected chi connectivity index (χ1v) is 6.96. The number of nitrogens with zero attached hydrogens (tertiary/aromatic N) is 2. The molecular formula is C13H28N2O2. The van der Waals surface area contributed by atoms with Gasteiger partial charge in [0.15, 0.2) is 0 Å². The lowest BCUT2D eigenvalue weighted by molar-refractivity contribution is -0.0655. The quantitative estimate of drug-likeness (QED) is 0.303. The summed E-state index contributed by atoms with van der Waals surface area (Å²) >= 11 is 0. The van der Waals surface area contributed by atoms with Gasteiger partial charge in [0, 0.05) is 13.6 Å². The van der Waals surface area contributed by atoms with Crippen LogP contribution in [0.3, 0.4) is 0 Å². The first kappa shape index (κ1) is 16.5. The molecule has 0 atom stereocenters. The van der Waals surface area contributed by atoms with Gasteiger partial charge in [-0.25, -0.2) is 0 Å². The predicted molar refractivity (Wildman–Crippen MR) is 71.2 cm³/mol. The average Bonchev–Trinajstić information content (AvgIpc) is 2.30. The summed E-state index contributed by atoms with van der Waals surface area (Å²) in [5.41, 5.74) is 0. The fourth-order valence-electron chi connectivity index (χ4n) is 1.93. The van der Waals surface area contributed by atoms with E-state index < -0.39 is 0 Å². The minimum Gasteiger partial charge on any atom is -0.314 e. The normalized spacial score (nSPS) is 11.0. The Bertz CT molecular complexity index is 163. The van der Waals surface area contributed by atoms with Crippen molar-refractivity contribution in [3.63, 3.8) is 0 Å².